The molecule has 1 heterocycles. The first-order valence-corrected chi connectivity index (χ1v) is 6.30. The first kappa shape index (κ1) is 12.2. The second kappa shape index (κ2) is 4.96. The third-order valence-corrected chi connectivity index (χ3v) is 4.02. The molecule has 16 heavy (non-hydrogen) atoms. The number of nitrogens with zero attached hydrogens (tertiary/aromatic N) is 1. The van der Waals surface area contributed by atoms with E-state index in [9.17, 15) is 8.78 Å². The summed E-state index contributed by atoms with van der Waals surface area (Å²) in [5, 5.41) is 9.11. The maximum Gasteiger partial charge on any atom is 0.265 e. The van der Waals surface area contributed by atoms with Crippen LogP contribution in [0.25, 0.3) is 0 Å². The summed E-state index contributed by atoms with van der Waals surface area (Å²) in [7, 11) is 0. The average molecular weight is 233 g/mol. The van der Waals surface area contributed by atoms with Crippen LogP contribution in [0, 0.1) is 5.41 Å². The highest BCUT2D eigenvalue weighted by Crippen LogP contribution is 2.42. The van der Waals surface area contributed by atoms with Crippen molar-refractivity contribution >= 4 is 0 Å². The van der Waals surface area contributed by atoms with Crippen molar-refractivity contribution in [2.45, 2.75) is 51.1 Å². The average Bonchev–Trinajstić information content (AvgIpc) is 2.42. The molecule has 0 aromatic heterocycles. The number of aliphatic hydroxyl groups is 1. The Morgan fingerprint density at radius 1 is 1.06 bits per heavy atom. The summed E-state index contributed by atoms with van der Waals surface area (Å²) in [4.78, 5) is 1.97. The Morgan fingerprint density at radius 2 is 1.62 bits per heavy atom. The molecule has 0 radical (unpaired) electrons. The van der Waals surface area contributed by atoms with Crippen LogP contribution in [0.2, 0.25) is 0 Å². The van der Waals surface area contributed by atoms with Gasteiger partial charge in [0.1, 0.15) is 6.10 Å². The van der Waals surface area contributed by atoms with Crippen molar-refractivity contribution < 1.29 is 13.9 Å². The van der Waals surface area contributed by atoms with E-state index in [1.807, 2.05) is 4.90 Å². The fourth-order valence-corrected chi connectivity index (χ4v) is 3.17. The van der Waals surface area contributed by atoms with Gasteiger partial charge in [-0.1, -0.05) is 25.7 Å². The Morgan fingerprint density at radius 3 is 2.12 bits per heavy atom. The molecule has 4 heteroatoms. The first-order chi connectivity index (χ1) is 7.61. The van der Waals surface area contributed by atoms with Crippen molar-refractivity contribution in [1.82, 2.24) is 4.90 Å². The van der Waals surface area contributed by atoms with Gasteiger partial charge in [-0.05, 0) is 18.3 Å². The molecule has 94 valence electrons. The smallest absolute Gasteiger partial charge is 0.265 e. The molecule has 1 aliphatic carbocycles. The van der Waals surface area contributed by atoms with E-state index in [0.29, 0.717) is 5.41 Å². The van der Waals surface area contributed by atoms with Crippen molar-refractivity contribution in [1.29, 1.82) is 0 Å². The molecule has 2 fully saturated rings. The minimum atomic E-state index is -2.61. The maximum absolute atomic E-state index is 12.2. The largest absolute Gasteiger partial charge is 0.386 e. The van der Waals surface area contributed by atoms with Crippen molar-refractivity contribution in [3.63, 3.8) is 0 Å². The molecule has 1 aliphatic heterocycles. The summed E-state index contributed by atoms with van der Waals surface area (Å²) in [5.41, 5.74) is 0.401. The van der Waals surface area contributed by atoms with Crippen LogP contribution >= 0.6 is 0 Å². The number of halogens is 2. The lowest BCUT2D eigenvalue weighted by Crippen LogP contribution is -2.58. The number of hydrogen-bond acceptors (Lipinski definition) is 2. The highest BCUT2D eigenvalue weighted by Gasteiger charge is 2.43. The highest BCUT2D eigenvalue weighted by molar-refractivity contribution is 4.96. The van der Waals surface area contributed by atoms with Gasteiger partial charge in [0.2, 0.25) is 0 Å². The van der Waals surface area contributed by atoms with Gasteiger partial charge in [0.25, 0.3) is 6.43 Å². The van der Waals surface area contributed by atoms with Gasteiger partial charge < -0.3 is 5.11 Å². The number of aliphatic hydroxyl groups excluding tert-OH is 1. The first-order valence-electron chi connectivity index (χ1n) is 6.30. The quantitative estimate of drug-likeness (QED) is 0.808. The van der Waals surface area contributed by atoms with Crippen LogP contribution in [-0.4, -0.2) is 42.2 Å². The third kappa shape index (κ3) is 2.72. The molecule has 2 rings (SSSR count). The topological polar surface area (TPSA) is 23.5 Å². The molecule has 1 atom stereocenters. The van der Waals surface area contributed by atoms with E-state index in [4.69, 9.17) is 5.11 Å². The Kier molecular flexibility index (Phi) is 3.80. The predicted molar refractivity (Wildman–Crippen MR) is 58.6 cm³/mol. The molecule has 1 unspecified atom stereocenters. The minimum Gasteiger partial charge on any atom is -0.386 e. The van der Waals surface area contributed by atoms with Crippen molar-refractivity contribution in [3.8, 4) is 0 Å². The Bertz CT molecular complexity index is 219. The SMILES string of the molecule is OC(CN1CC2(CCCCCC2)C1)C(F)F. The van der Waals surface area contributed by atoms with Crippen LogP contribution in [-0.2, 0) is 0 Å². The Hall–Kier alpha value is -0.220. The zero-order chi connectivity index (χ0) is 11.6. The monoisotopic (exact) mass is 233 g/mol. The van der Waals surface area contributed by atoms with Crippen molar-refractivity contribution in [2.75, 3.05) is 19.6 Å². The summed E-state index contributed by atoms with van der Waals surface area (Å²) in [6.45, 7) is 1.97. The molecule has 1 spiro atoms. The second-order valence-corrected chi connectivity index (χ2v) is 5.49. The van der Waals surface area contributed by atoms with Gasteiger partial charge >= 0.3 is 0 Å². The summed E-state index contributed by atoms with van der Waals surface area (Å²) >= 11 is 0. The van der Waals surface area contributed by atoms with Crippen LogP contribution in [0.1, 0.15) is 38.5 Å². The lowest BCUT2D eigenvalue weighted by molar-refractivity contribution is -0.0748. The van der Waals surface area contributed by atoms with E-state index in [1.54, 1.807) is 0 Å². The summed E-state index contributed by atoms with van der Waals surface area (Å²) in [5.74, 6) is 0. The van der Waals surface area contributed by atoms with Crippen molar-refractivity contribution in [2.24, 2.45) is 5.41 Å². The minimum absolute atomic E-state index is 0.138. The fraction of sp³-hybridized carbons (Fsp3) is 1.00. The van der Waals surface area contributed by atoms with E-state index >= 15 is 0 Å². The van der Waals surface area contributed by atoms with Crippen LogP contribution in [0.15, 0.2) is 0 Å². The fourth-order valence-electron chi connectivity index (χ4n) is 3.17. The molecule has 0 amide bonds. The van der Waals surface area contributed by atoms with E-state index in [0.717, 1.165) is 13.1 Å². The van der Waals surface area contributed by atoms with E-state index in [1.165, 1.54) is 38.5 Å². The molecule has 0 aromatic carbocycles. The molecule has 1 saturated heterocycles. The molecular weight excluding hydrogens is 212 g/mol. The van der Waals surface area contributed by atoms with Crippen LogP contribution < -0.4 is 0 Å². The Balaban J connectivity index is 1.75. The van der Waals surface area contributed by atoms with Gasteiger partial charge in [-0.25, -0.2) is 8.78 Å². The zero-order valence-corrected chi connectivity index (χ0v) is 9.67. The number of alkyl halides is 2. The molecule has 0 aromatic rings. The van der Waals surface area contributed by atoms with E-state index < -0.39 is 12.5 Å². The van der Waals surface area contributed by atoms with Crippen molar-refractivity contribution in [3.05, 3.63) is 0 Å². The molecule has 2 aliphatic rings. The number of hydrogen-bond donors (Lipinski definition) is 1. The molecule has 2 nitrogen and oxygen atoms in total. The molecule has 1 N–H and O–H groups in total. The molecular formula is C12H21F2NO. The predicted octanol–water partition coefficient (Wildman–Crippen LogP) is 2.27. The van der Waals surface area contributed by atoms with Gasteiger partial charge in [0, 0.05) is 19.6 Å². The van der Waals surface area contributed by atoms with Gasteiger partial charge in [-0.15, -0.1) is 0 Å². The highest BCUT2D eigenvalue weighted by atomic mass is 19.3. The van der Waals surface area contributed by atoms with Gasteiger partial charge in [0.05, 0.1) is 0 Å². The lowest BCUT2D eigenvalue weighted by Gasteiger charge is -2.51. The van der Waals surface area contributed by atoms with E-state index in [-0.39, 0.29) is 6.54 Å². The lowest BCUT2D eigenvalue weighted by atomic mass is 9.73. The molecule has 0 bridgehead atoms. The second-order valence-electron chi connectivity index (χ2n) is 5.49. The number of likely N-dealkylation sites (tertiary alicyclic amines) is 1. The van der Waals surface area contributed by atoms with Gasteiger partial charge in [-0.2, -0.15) is 0 Å². The number of β-amino-alcohol motifs (C(OH)–C–C–N with tert-alkyl or cyclic N) is 1. The van der Waals surface area contributed by atoms with Crippen LogP contribution in [0.4, 0.5) is 8.78 Å². The van der Waals surface area contributed by atoms with Crippen LogP contribution in [0.5, 0.6) is 0 Å². The number of rotatable bonds is 3. The molecule has 1 saturated carbocycles. The maximum atomic E-state index is 12.2. The summed E-state index contributed by atoms with van der Waals surface area (Å²) in [6.07, 6.45) is 3.62. The van der Waals surface area contributed by atoms with Gasteiger partial charge in [0.15, 0.2) is 0 Å². The van der Waals surface area contributed by atoms with Gasteiger partial charge in [-0.3, -0.25) is 4.90 Å². The zero-order valence-electron chi connectivity index (χ0n) is 9.67. The Labute approximate surface area is 95.6 Å². The van der Waals surface area contributed by atoms with Crippen LogP contribution in [0.3, 0.4) is 0 Å². The normalized spacial score (nSPS) is 27.8. The standard InChI is InChI=1S/C12H21F2NO/c13-11(14)10(16)7-15-8-12(9-15)5-3-1-2-4-6-12/h10-11,16H,1-9H2. The summed E-state index contributed by atoms with van der Waals surface area (Å²) < 4.78 is 24.3. The van der Waals surface area contributed by atoms with E-state index in [2.05, 4.69) is 0 Å². The third-order valence-electron chi connectivity index (χ3n) is 4.02. The summed E-state index contributed by atoms with van der Waals surface area (Å²) in [6, 6.07) is 0.